The monoisotopic (exact) mass is 367 g/mol. The van der Waals surface area contributed by atoms with Crippen molar-refractivity contribution in [1.82, 2.24) is 4.90 Å². The summed E-state index contributed by atoms with van der Waals surface area (Å²) < 4.78 is 5.93. The van der Waals surface area contributed by atoms with E-state index in [-0.39, 0.29) is 16.9 Å². The van der Waals surface area contributed by atoms with E-state index >= 15 is 0 Å². The van der Waals surface area contributed by atoms with Crippen LogP contribution < -0.4 is 4.74 Å². The lowest BCUT2D eigenvalue weighted by Gasteiger charge is -2.21. The maximum absolute atomic E-state index is 12.4. The van der Waals surface area contributed by atoms with Gasteiger partial charge in [-0.25, -0.2) is 0 Å². The van der Waals surface area contributed by atoms with E-state index in [0.717, 1.165) is 17.9 Å². The third-order valence-electron chi connectivity index (χ3n) is 4.24. The fraction of sp³-hybridized carbons (Fsp3) is 0.348. The number of aromatic hydroxyl groups is 1. The normalized spacial score (nSPS) is 11.9. The van der Waals surface area contributed by atoms with E-state index in [9.17, 15) is 9.90 Å². The Balaban J connectivity index is 2.27. The fourth-order valence-electron chi connectivity index (χ4n) is 2.50. The Hall–Kier alpha value is -2.59. The average Bonchev–Trinajstić information content (AvgIpc) is 2.59. The van der Waals surface area contributed by atoms with Gasteiger partial charge in [-0.3, -0.25) is 4.79 Å². The molecular formula is C23H29NO3. The molecule has 144 valence electrons. The highest BCUT2D eigenvalue weighted by atomic mass is 16.5. The van der Waals surface area contributed by atoms with Crippen LogP contribution >= 0.6 is 0 Å². The van der Waals surface area contributed by atoms with E-state index < -0.39 is 0 Å². The summed E-state index contributed by atoms with van der Waals surface area (Å²) in [5.41, 5.74) is 2.60. The van der Waals surface area contributed by atoms with Crippen molar-refractivity contribution < 1.29 is 14.6 Å². The number of rotatable bonds is 7. The highest BCUT2D eigenvalue weighted by Crippen LogP contribution is 2.29. The molecule has 2 aromatic carbocycles. The second kappa shape index (κ2) is 8.87. The van der Waals surface area contributed by atoms with Crippen LogP contribution in [0.4, 0.5) is 0 Å². The number of hydrogen-bond acceptors (Lipinski definition) is 4. The van der Waals surface area contributed by atoms with Gasteiger partial charge in [0, 0.05) is 17.7 Å². The quantitative estimate of drug-likeness (QED) is 0.577. The Morgan fingerprint density at radius 3 is 2.37 bits per heavy atom. The maximum atomic E-state index is 12.4. The predicted molar refractivity (Wildman–Crippen MR) is 111 cm³/mol. The summed E-state index contributed by atoms with van der Waals surface area (Å²) in [6.07, 6.45) is 3.35. The molecule has 0 aliphatic carbocycles. The molecular weight excluding hydrogens is 338 g/mol. The van der Waals surface area contributed by atoms with Crippen molar-refractivity contribution >= 4 is 11.9 Å². The molecule has 0 atom stereocenters. The second-order valence-corrected chi connectivity index (χ2v) is 7.90. The van der Waals surface area contributed by atoms with Gasteiger partial charge in [-0.2, -0.15) is 0 Å². The first kappa shape index (κ1) is 20.7. The van der Waals surface area contributed by atoms with Gasteiger partial charge in [0.15, 0.2) is 5.78 Å². The summed E-state index contributed by atoms with van der Waals surface area (Å²) in [5, 5.41) is 9.36. The van der Waals surface area contributed by atoms with Gasteiger partial charge >= 0.3 is 0 Å². The van der Waals surface area contributed by atoms with Gasteiger partial charge in [-0.1, -0.05) is 26.8 Å². The van der Waals surface area contributed by atoms with E-state index in [2.05, 4.69) is 37.8 Å². The van der Waals surface area contributed by atoms with Crippen molar-refractivity contribution in [3.63, 3.8) is 0 Å². The molecule has 4 heteroatoms. The number of ketones is 1. The molecule has 0 radical (unpaired) electrons. The zero-order valence-corrected chi connectivity index (χ0v) is 16.8. The lowest BCUT2D eigenvalue weighted by atomic mass is 9.86. The number of benzene rings is 2. The van der Waals surface area contributed by atoms with E-state index in [4.69, 9.17) is 4.74 Å². The predicted octanol–water partition coefficient (Wildman–Crippen LogP) is 4.53. The molecule has 0 heterocycles. The van der Waals surface area contributed by atoms with E-state index in [0.29, 0.717) is 12.2 Å². The Bertz CT molecular complexity index is 799. The minimum absolute atomic E-state index is 0.00568. The minimum atomic E-state index is -0.115. The summed E-state index contributed by atoms with van der Waals surface area (Å²) >= 11 is 0. The number of carbonyl (C=O) groups is 1. The maximum Gasteiger partial charge on any atom is 0.185 e. The Kier molecular flexibility index (Phi) is 6.81. The number of allylic oxidation sites excluding steroid dienone is 1. The Morgan fingerprint density at radius 1 is 1.11 bits per heavy atom. The number of phenolic OH excluding ortho intramolecular Hbond substituents is 1. The Labute approximate surface area is 162 Å². The van der Waals surface area contributed by atoms with Crippen LogP contribution in [0.1, 0.15) is 42.3 Å². The van der Waals surface area contributed by atoms with Crippen molar-refractivity contribution in [2.45, 2.75) is 26.2 Å². The zero-order chi connectivity index (χ0) is 20.0. The van der Waals surface area contributed by atoms with Crippen LogP contribution in [0, 0.1) is 0 Å². The molecule has 27 heavy (non-hydrogen) atoms. The summed E-state index contributed by atoms with van der Waals surface area (Å²) in [5.74, 6) is 0.792. The first-order valence-electron chi connectivity index (χ1n) is 9.10. The number of carbonyl (C=O) groups excluding carboxylic acids is 1. The van der Waals surface area contributed by atoms with Gasteiger partial charge in [0.2, 0.25) is 0 Å². The first-order chi connectivity index (χ1) is 12.7. The van der Waals surface area contributed by atoms with Gasteiger partial charge in [0.25, 0.3) is 0 Å². The molecule has 0 aliphatic rings. The van der Waals surface area contributed by atoms with Crippen molar-refractivity contribution in [1.29, 1.82) is 0 Å². The molecule has 0 unspecified atom stereocenters. The van der Waals surface area contributed by atoms with Crippen LogP contribution in [0.3, 0.4) is 0 Å². The highest BCUT2D eigenvalue weighted by Gasteiger charge is 2.15. The molecule has 0 fully saturated rings. The molecule has 1 N–H and O–H groups in total. The number of ether oxygens (including phenoxy) is 1. The fourth-order valence-corrected chi connectivity index (χ4v) is 2.50. The SMILES string of the molecule is CN(C)CCOc1ccc(C(C)(C)C)cc1C=CC(=O)c1ccc(O)cc1. The van der Waals surface area contributed by atoms with Crippen LogP contribution in [-0.2, 0) is 5.41 Å². The molecule has 0 aromatic heterocycles. The van der Waals surface area contributed by atoms with Gasteiger partial charge in [-0.15, -0.1) is 0 Å². The summed E-state index contributed by atoms with van der Waals surface area (Å²) in [7, 11) is 4.01. The molecule has 0 spiro atoms. The Morgan fingerprint density at radius 2 is 1.78 bits per heavy atom. The number of nitrogens with zero attached hydrogens (tertiary/aromatic N) is 1. The van der Waals surface area contributed by atoms with E-state index in [1.807, 2.05) is 20.2 Å². The molecule has 2 rings (SSSR count). The highest BCUT2D eigenvalue weighted by molar-refractivity contribution is 6.07. The van der Waals surface area contributed by atoms with Crippen LogP contribution in [0.5, 0.6) is 11.5 Å². The smallest absolute Gasteiger partial charge is 0.185 e. The number of likely N-dealkylation sites (N-methyl/N-ethyl adjacent to an activating group) is 1. The standard InChI is InChI=1S/C23H29NO3/c1-23(2,3)19-9-13-22(27-15-14-24(4)5)18(16-19)8-12-21(26)17-6-10-20(25)11-7-17/h6-13,16,25H,14-15H2,1-5H3. The molecule has 4 nitrogen and oxygen atoms in total. The second-order valence-electron chi connectivity index (χ2n) is 7.90. The van der Waals surface area contributed by atoms with Gasteiger partial charge in [-0.05, 0) is 73.6 Å². The van der Waals surface area contributed by atoms with Crippen LogP contribution in [0.15, 0.2) is 48.5 Å². The van der Waals surface area contributed by atoms with Crippen LogP contribution in [-0.4, -0.2) is 43.0 Å². The molecule has 0 bridgehead atoms. The number of phenols is 1. The largest absolute Gasteiger partial charge is 0.508 e. The third kappa shape index (κ3) is 6.26. The topological polar surface area (TPSA) is 49.8 Å². The van der Waals surface area contributed by atoms with Crippen molar-refractivity contribution in [3.05, 3.63) is 65.2 Å². The average molecular weight is 367 g/mol. The van der Waals surface area contributed by atoms with E-state index in [1.165, 1.54) is 17.7 Å². The van der Waals surface area contributed by atoms with Crippen molar-refractivity contribution in [2.24, 2.45) is 0 Å². The van der Waals surface area contributed by atoms with Gasteiger partial charge in [0.1, 0.15) is 18.1 Å². The minimum Gasteiger partial charge on any atom is -0.508 e. The summed E-state index contributed by atoms with van der Waals surface area (Å²) in [6.45, 7) is 7.86. The summed E-state index contributed by atoms with van der Waals surface area (Å²) in [6, 6.07) is 12.4. The summed E-state index contributed by atoms with van der Waals surface area (Å²) in [4.78, 5) is 14.5. The molecule has 0 saturated carbocycles. The lowest BCUT2D eigenvalue weighted by Crippen LogP contribution is -2.19. The van der Waals surface area contributed by atoms with Crippen LogP contribution in [0.25, 0.3) is 6.08 Å². The van der Waals surface area contributed by atoms with Crippen LogP contribution in [0.2, 0.25) is 0 Å². The third-order valence-corrected chi connectivity index (χ3v) is 4.24. The van der Waals surface area contributed by atoms with E-state index in [1.54, 1.807) is 24.3 Å². The first-order valence-corrected chi connectivity index (χ1v) is 9.10. The van der Waals surface area contributed by atoms with Gasteiger partial charge in [0.05, 0.1) is 0 Å². The lowest BCUT2D eigenvalue weighted by molar-refractivity contribution is 0.104. The molecule has 0 amide bonds. The zero-order valence-electron chi connectivity index (χ0n) is 16.8. The van der Waals surface area contributed by atoms with Gasteiger partial charge < -0.3 is 14.7 Å². The number of hydrogen-bond donors (Lipinski definition) is 1. The molecule has 2 aromatic rings. The molecule has 0 aliphatic heterocycles. The molecule has 0 saturated heterocycles. The van der Waals surface area contributed by atoms with Crippen molar-refractivity contribution in [3.8, 4) is 11.5 Å². The van der Waals surface area contributed by atoms with Crippen molar-refractivity contribution in [2.75, 3.05) is 27.2 Å².